The molecule has 1 aliphatic heterocycles. The number of carbonyl (C=O) groups excluding carboxylic acids is 1. The molecule has 0 radical (unpaired) electrons. The van der Waals surface area contributed by atoms with E-state index in [0.29, 0.717) is 13.0 Å². The van der Waals surface area contributed by atoms with Gasteiger partial charge in [0.15, 0.2) is 8.32 Å². The molecule has 9 nitrogen and oxygen atoms in total. The van der Waals surface area contributed by atoms with Crippen LogP contribution in [0.5, 0.6) is 0 Å². The highest BCUT2D eigenvalue weighted by Crippen LogP contribution is 2.38. The van der Waals surface area contributed by atoms with Crippen molar-refractivity contribution < 1.29 is 18.5 Å². The number of hydrogen-bond acceptors (Lipinski definition) is 7. The molecule has 3 heterocycles. The zero-order valence-corrected chi connectivity index (χ0v) is 27.8. The fourth-order valence-electron chi connectivity index (χ4n) is 5.28. The van der Waals surface area contributed by atoms with Gasteiger partial charge in [-0.1, -0.05) is 32.0 Å². The van der Waals surface area contributed by atoms with Crippen LogP contribution in [0.25, 0.3) is 22.2 Å². The number of carbonyl (C=O) groups is 1. The summed E-state index contributed by atoms with van der Waals surface area (Å²) in [6.45, 7) is 23.2. The van der Waals surface area contributed by atoms with Crippen molar-refractivity contribution in [3.63, 3.8) is 0 Å². The second-order valence-electron chi connectivity index (χ2n) is 14.0. The number of alkyl carbamates (subject to hydrolysis) is 1. The van der Waals surface area contributed by atoms with E-state index in [1.807, 2.05) is 34.6 Å². The van der Waals surface area contributed by atoms with Crippen LogP contribution in [0.4, 0.5) is 4.79 Å². The van der Waals surface area contributed by atoms with Crippen LogP contribution in [0.15, 0.2) is 22.7 Å². The van der Waals surface area contributed by atoms with Gasteiger partial charge in [-0.3, -0.25) is 0 Å². The molecule has 0 saturated carbocycles. The highest BCUT2D eigenvalue weighted by Gasteiger charge is 2.38. The molecule has 2 aromatic heterocycles. The van der Waals surface area contributed by atoms with Crippen LogP contribution in [0, 0.1) is 13.8 Å². The molecule has 41 heavy (non-hydrogen) atoms. The molecule has 1 aliphatic rings. The summed E-state index contributed by atoms with van der Waals surface area (Å²) < 4.78 is 20.0. The SMILES string of the molecule is Cc1noc(C)c1-c1ccc2c(c1)nc([C@H](CCO[Si](C)(C)C(C)(C)C)NC(=O)OC(C)(C)C)n2[C@H]1CCN(C)C1. The molecule has 4 rings (SSSR count). The van der Waals surface area contributed by atoms with Crippen LogP contribution in [0.1, 0.15) is 83.7 Å². The van der Waals surface area contributed by atoms with E-state index in [4.69, 9.17) is 18.7 Å². The fraction of sp³-hybridized carbons (Fsp3) is 0.645. The number of benzene rings is 1. The van der Waals surface area contributed by atoms with Gasteiger partial charge in [0.25, 0.3) is 0 Å². The highest BCUT2D eigenvalue weighted by atomic mass is 28.4. The summed E-state index contributed by atoms with van der Waals surface area (Å²) in [5, 5.41) is 7.41. The van der Waals surface area contributed by atoms with Crippen molar-refractivity contribution in [2.45, 2.75) is 104 Å². The number of hydrogen-bond donors (Lipinski definition) is 1. The van der Waals surface area contributed by atoms with Crippen molar-refractivity contribution in [1.82, 2.24) is 24.9 Å². The lowest BCUT2D eigenvalue weighted by molar-refractivity contribution is 0.0492. The van der Waals surface area contributed by atoms with E-state index < -0.39 is 20.0 Å². The van der Waals surface area contributed by atoms with Crippen LogP contribution in [-0.2, 0) is 9.16 Å². The smallest absolute Gasteiger partial charge is 0.408 e. The minimum atomic E-state index is -1.97. The van der Waals surface area contributed by atoms with Crippen LogP contribution < -0.4 is 5.32 Å². The molecule has 0 spiro atoms. The number of nitrogens with zero attached hydrogens (tertiary/aromatic N) is 4. The van der Waals surface area contributed by atoms with Crippen molar-refractivity contribution in [3.8, 4) is 11.1 Å². The number of nitrogens with one attached hydrogen (secondary N) is 1. The van der Waals surface area contributed by atoms with Gasteiger partial charge in [0.1, 0.15) is 17.2 Å². The minimum Gasteiger partial charge on any atom is -0.444 e. The topological polar surface area (TPSA) is 94.6 Å². The largest absolute Gasteiger partial charge is 0.444 e. The van der Waals surface area contributed by atoms with Gasteiger partial charge in [-0.05, 0) is 96.9 Å². The average molecular weight is 584 g/mol. The molecule has 1 N–H and O–H groups in total. The Morgan fingerprint density at radius 1 is 1.20 bits per heavy atom. The number of amides is 1. The summed E-state index contributed by atoms with van der Waals surface area (Å²) in [4.78, 5) is 20.7. The minimum absolute atomic E-state index is 0.0945. The number of rotatable bonds is 8. The third-order valence-corrected chi connectivity index (χ3v) is 13.0. The first-order valence-electron chi connectivity index (χ1n) is 14.7. The third-order valence-electron chi connectivity index (χ3n) is 8.45. The van der Waals surface area contributed by atoms with Gasteiger partial charge in [0.2, 0.25) is 0 Å². The molecule has 1 saturated heterocycles. The van der Waals surface area contributed by atoms with E-state index in [2.05, 4.69) is 79.1 Å². The first-order chi connectivity index (χ1) is 19.0. The molecule has 0 unspecified atom stereocenters. The Balaban J connectivity index is 1.77. The number of fused-ring (bicyclic) bond motifs is 1. The molecule has 0 bridgehead atoms. The maximum absolute atomic E-state index is 13.1. The van der Waals surface area contributed by atoms with Crippen molar-refractivity contribution in [3.05, 3.63) is 35.5 Å². The van der Waals surface area contributed by atoms with E-state index in [-0.39, 0.29) is 17.1 Å². The molecular weight excluding hydrogens is 534 g/mol. The number of ether oxygens (including phenoxy) is 1. The Morgan fingerprint density at radius 2 is 1.90 bits per heavy atom. The Labute approximate surface area is 246 Å². The van der Waals surface area contributed by atoms with E-state index in [0.717, 1.165) is 58.9 Å². The Morgan fingerprint density at radius 3 is 2.46 bits per heavy atom. The quantitative estimate of drug-likeness (QED) is 0.281. The predicted molar refractivity (Wildman–Crippen MR) is 166 cm³/mol. The van der Waals surface area contributed by atoms with Crippen molar-refractivity contribution in [2.24, 2.45) is 0 Å². The lowest BCUT2D eigenvalue weighted by atomic mass is 10.0. The summed E-state index contributed by atoms with van der Waals surface area (Å²) >= 11 is 0. The summed E-state index contributed by atoms with van der Waals surface area (Å²) in [6.07, 6.45) is 1.16. The van der Waals surface area contributed by atoms with Gasteiger partial charge < -0.3 is 28.5 Å². The monoisotopic (exact) mass is 583 g/mol. The summed E-state index contributed by atoms with van der Waals surface area (Å²) in [5.41, 5.74) is 4.20. The van der Waals surface area contributed by atoms with E-state index in [9.17, 15) is 4.79 Å². The van der Waals surface area contributed by atoms with Crippen LogP contribution >= 0.6 is 0 Å². The van der Waals surface area contributed by atoms with E-state index in [1.54, 1.807) is 0 Å². The zero-order valence-electron chi connectivity index (χ0n) is 26.8. The maximum atomic E-state index is 13.1. The summed E-state index contributed by atoms with van der Waals surface area (Å²) in [5.74, 6) is 1.62. The van der Waals surface area contributed by atoms with Crippen LogP contribution in [0.2, 0.25) is 18.1 Å². The zero-order chi connectivity index (χ0) is 30.3. The molecular formula is C31H49N5O4Si. The first-order valence-corrected chi connectivity index (χ1v) is 17.6. The number of aromatic nitrogens is 3. The maximum Gasteiger partial charge on any atom is 0.408 e. The molecule has 2 atom stereocenters. The lowest BCUT2D eigenvalue weighted by Gasteiger charge is -2.36. The number of likely N-dealkylation sites (tertiary alicyclic amines) is 1. The van der Waals surface area contributed by atoms with Gasteiger partial charge in [0.05, 0.1) is 22.8 Å². The molecule has 3 aromatic rings. The number of imidazole rings is 1. The highest BCUT2D eigenvalue weighted by molar-refractivity contribution is 6.74. The molecule has 1 aromatic carbocycles. The van der Waals surface area contributed by atoms with Gasteiger partial charge in [-0.2, -0.15) is 0 Å². The summed E-state index contributed by atoms with van der Waals surface area (Å²) in [6, 6.07) is 6.23. The number of aryl methyl sites for hydroxylation is 2. The molecule has 10 heteroatoms. The first kappa shape index (κ1) is 31.2. The Bertz CT molecular complexity index is 1360. The van der Waals surface area contributed by atoms with Gasteiger partial charge in [-0.25, -0.2) is 9.78 Å². The van der Waals surface area contributed by atoms with Gasteiger partial charge in [0, 0.05) is 24.8 Å². The average Bonchev–Trinajstić information content (AvgIpc) is 3.52. The van der Waals surface area contributed by atoms with E-state index in [1.165, 1.54) is 0 Å². The van der Waals surface area contributed by atoms with Gasteiger partial charge in [-0.15, -0.1) is 0 Å². The van der Waals surface area contributed by atoms with Crippen molar-refractivity contribution in [2.75, 3.05) is 26.7 Å². The summed E-state index contributed by atoms with van der Waals surface area (Å²) in [7, 11) is 0.178. The Hall–Kier alpha value is -2.69. The fourth-order valence-corrected chi connectivity index (χ4v) is 6.35. The van der Waals surface area contributed by atoms with Gasteiger partial charge >= 0.3 is 6.09 Å². The van der Waals surface area contributed by atoms with E-state index >= 15 is 0 Å². The number of likely N-dealkylation sites (N-methyl/N-ethyl adjacent to an activating group) is 1. The third kappa shape index (κ3) is 7.03. The van der Waals surface area contributed by atoms with Crippen LogP contribution in [-0.4, -0.2) is 66.4 Å². The second kappa shape index (κ2) is 11.5. The van der Waals surface area contributed by atoms with Crippen molar-refractivity contribution >= 4 is 25.4 Å². The predicted octanol–water partition coefficient (Wildman–Crippen LogP) is 7.16. The normalized spacial score (nSPS) is 17.8. The standard InChI is InChI=1S/C31H49N5O4Si/c1-20-27(21(2)40-34-20)22-12-13-26-25(18-22)32-28(36(26)23-14-16-35(9)19-23)24(33-29(37)39-30(3,4)5)15-17-38-41(10,11)31(6,7)8/h12-13,18,23-24H,14-17,19H2,1-11H3,(H,33,37)/t23-,24-/m0/s1. The molecule has 1 amide bonds. The molecule has 0 aliphatic carbocycles. The van der Waals surface area contributed by atoms with Crippen molar-refractivity contribution in [1.29, 1.82) is 0 Å². The molecule has 226 valence electrons. The Kier molecular flexibility index (Phi) is 8.79. The molecule has 1 fully saturated rings. The van der Waals surface area contributed by atoms with Crippen LogP contribution in [0.3, 0.4) is 0 Å². The second-order valence-corrected chi connectivity index (χ2v) is 18.9. The lowest BCUT2D eigenvalue weighted by Crippen LogP contribution is -2.42.